The number of rotatable bonds is 8. The molecule has 0 spiro atoms. The highest BCUT2D eigenvalue weighted by atomic mass is 19.3. The number of benzene rings is 1. The van der Waals surface area contributed by atoms with Crippen LogP contribution in [0.25, 0.3) is 0 Å². The van der Waals surface area contributed by atoms with Gasteiger partial charge in [-0.05, 0) is 61.6 Å². The molecule has 0 N–H and O–H groups in total. The molecule has 3 fully saturated rings. The van der Waals surface area contributed by atoms with E-state index in [0.717, 1.165) is 76.2 Å². The number of alkyl halides is 2. The molecular formula is C29H35F2N3O3. The van der Waals surface area contributed by atoms with Gasteiger partial charge in [0, 0.05) is 62.6 Å². The molecule has 1 amide bonds. The van der Waals surface area contributed by atoms with Crippen LogP contribution < -0.4 is 0 Å². The monoisotopic (exact) mass is 511 g/mol. The van der Waals surface area contributed by atoms with Gasteiger partial charge in [-0.25, -0.2) is 0 Å². The number of carbonyl (C=O) groups excluding carboxylic acids is 2. The topological polar surface area (TPSA) is 66.7 Å². The summed E-state index contributed by atoms with van der Waals surface area (Å²) in [5, 5.41) is 4.01. The second-order valence-corrected chi connectivity index (χ2v) is 12.1. The standard InChI is InChI=1S/C29H35F2N3O3/c1-28(30,31)26-13-25(32-37-26)29-14-20(29)15-34(17-29)11-10-18-6-8-19(9-7-18)12-24(35)21-4-3-5-22-23(21)16-33(2)27(22)36/h3-5,13,18-20H,6-12,14-17H2,1-2H3/t18?,19?,20-,29-/m0/s1. The number of carbonyl (C=O) groups is 2. The lowest BCUT2D eigenvalue weighted by atomic mass is 9.78. The van der Waals surface area contributed by atoms with E-state index in [2.05, 4.69) is 10.1 Å². The van der Waals surface area contributed by atoms with Crippen LogP contribution in [0.1, 0.15) is 89.6 Å². The van der Waals surface area contributed by atoms with E-state index in [1.54, 1.807) is 11.9 Å². The fourth-order valence-corrected chi connectivity index (χ4v) is 7.07. The summed E-state index contributed by atoms with van der Waals surface area (Å²) < 4.78 is 32.1. The Labute approximate surface area is 216 Å². The highest BCUT2D eigenvalue weighted by Crippen LogP contribution is 2.59. The summed E-state index contributed by atoms with van der Waals surface area (Å²) >= 11 is 0. The van der Waals surface area contributed by atoms with E-state index in [-0.39, 0.29) is 22.9 Å². The number of aromatic nitrogens is 1. The number of nitrogens with zero attached hydrogens (tertiary/aromatic N) is 3. The van der Waals surface area contributed by atoms with Gasteiger partial charge in [0.15, 0.2) is 5.78 Å². The summed E-state index contributed by atoms with van der Waals surface area (Å²) in [6.45, 7) is 4.28. The molecule has 1 aromatic heterocycles. The fraction of sp³-hybridized carbons (Fsp3) is 0.621. The predicted molar refractivity (Wildman–Crippen MR) is 134 cm³/mol. The fourth-order valence-electron chi connectivity index (χ4n) is 7.07. The summed E-state index contributed by atoms with van der Waals surface area (Å²) in [6.07, 6.45) is 7.15. The van der Waals surface area contributed by atoms with Crippen LogP contribution >= 0.6 is 0 Å². The van der Waals surface area contributed by atoms with Crippen LogP contribution in [-0.2, 0) is 17.9 Å². The zero-order valence-electron chi connectivity index (χ0n) is 21.6. The first-order valence-corrected chi connectivity index (χ1v) is 13.6. The molecule has 2 aromatic rings. The number of likely N-dealkylation sites (tertiary alicyclic amines) is 1. The number of Topliss-reactive ketones (excluding diaryl/α,β-unsaturated/α-hetero) is 1. The van der Waals surface area contributed by atoms with Crippen molar-refractivity contribution in [1.82, 2.24) is 15.0 Å². The Morgan fingerprint density at radius 2 is 1.97 bits per heavy atom. The molecule has 8 heteroatoms. The second kappa shape index (κ2) is 9.00. The quantitative estimate of drug-likeness (QED) is 0.443. The Hall–Kier alpha value is -2.61. The first kappa shape index (κ1) is 24.7. The van der Waals surface area contributed by atoms with Crippen molar-refractivity contribution in [3.05, 3.63) is 52.4 Å². The zero-order chi connectivity index (χ0) is 25.9. The van der Waals surface area contributed by atoms with Gasteiger partial charge in [-0.2, -0.15) is 8.78 Å². The molecule has 4 aliphatic rings. The molecule has 2 aliphatic carbocycles. The molecule has 1 aromatic carbocycles. The van der Waals surface area contributed by atoms with E-state index >= 15 is 0 Å². The van der Waals surface area contributed by atoms with Crippen molar-refractivity contribution in [2.75, 3.05) is 26.7 Å². The Morgan fingerprint density at radius 1 is 1.22 bits per heavy atom. The SMILES string of the molecule is CN1Cc2c(C(=O)CC3CCC(CCN4C[C@@H]5C[C@]5(c5cc(C(C)(F)F)on5)C4)CC3)cccc2C1=O. The molecule has 37 heavy (non-hydrogen) atoms. The third-order valence-corrected chi connectivity index (χ3v) is 9.41. The van der Waals surface area contributed by atoms with Gasteiger partial charge in [-0.1, -0.05) is 30.1 Å². The zero-order valence-corrected chi connectivity index (χ0v) is 21.6. The van der Waals surface area contributed by atoms with Crippen LogP contribution in [0.2, 0.25) is 0 Å². The minimum absolute atomic E-state index is 0.000305. The lowest BCUT2D eigenvalue weighted by molar-refractivity contribution is -0.0106. The van der Waals surface area contributed by atoms with Crippen LogP contribution in [0.15, 0.2) is 28.8 Å². The molecule has 1 saturated heterocycles. The van der Waals surface area contributed by atoms with E-state index in [4.69, 9.17) is 4.52 Å². The van der Waals surface area contributed by atoms with Crippen LogP contribution in [-0.4, -0.2) is 53.3 Å². The first-order chi connectivity index (χ1) is 17.6. The lowest BCUT2D eigenvalue weighted by Crippen LogP contribution is -2.29. The third kappa shape index (κ3) is 4.51. The second-order valence-electron chi connectivity index (χ2n) is 12.1. The molecule has 198 valence electrons. The Bertz CT molecular complexity index is 1210. The molecule has 2 atom stereocenters. The van der Waals surface area contributed by atoms with E-state index < -0.39 is 5.92 Å². The van der Waals surface area contributed by atoms with E-state index in [1.165, 1.54) is 6.07 Å². The summed E-state index contributed by atoms with van der Waals surface area (Å²) in [5.74, 6) is -1.59. The van der Waals surface area contributed by atoms with Gasteiger partial charge in [0.25, 0.3) is 5.91 Å². The van der Waals surface area contributed by atoms with Crippen LogP contribution in [0, 0.1) is 17.8 Å². The summed E-state index contributed by atoms with van der Waals surface area (Å²) in [6, 6.07) is 6.99. The van der Waals surface area contributed by atoms with Gasteiger partial charge in [-0.15, -0.1) is 0 Å². The molecule has 0 radical (unpaired) electrons. The Kier molecular flexibility index (Phi) is 6.01. The largest absolute Gasteiger partial charge is 0.355 e. The van der Waals surface area contributed by atoms with Gasteiger partial charge in [-0.3, -0.25) is 9.59 Å². The molecule has 6 nitrogen and oxygen atoms in total. The summed E-state index contributed by atoms with van der Waals surface area (Å²) in [7, 11) is 1.78. The van der Waals surface area contributed by atoms with E-state index in [1.807, 2.05) is 18.2 Å². The summed E-state index contributed by atoms with van der Waals surface area (Å²) in [5.41, 5.74) is 2.88. The molecule has 2 saturated carbocycles. The van der Waals surface area contributed by atoms with Gasteiger partial charge in [0.1, 0.15) is 0 Å². The predicted octanol–water partition coefficient (Wildman–Crippen LogP) is 5.41. The number of ketones is 1. The van der Waals surface area contributed by atoms with Gasteiger partial charge >= 0.3 is 5.92 Å². The molecule has 0 unspecified atom stereocenters. The number of hydrogen-bond donors (Lipinski definition) is 0. The Morgan fingerprint density at radius 3 is 2.70 bits per heavy atom. The maximum Gasteiger partial charge on any atom is 0.304 e. The van der Waals surface area contributed by atoms with Gasteiger partial charge in [0.05, 0.1) is 5.69 Å². The van der Waals surface area contributed by atoms with Crippen LogP contribution in [0.4, 0.5) is 8.78 Å². The van der Waals surface area contributed by atoms with E-state index in [0.29, 0.717) is 42.0 Å². The maximum absolute atomic E-state index is 13.6. The van der Waals surface area contributed by atoms with Crippen molar-refractivity contribution in [3.63, 3.8) is 0 Å². The number of fused-ring (bicyclic) bond motifs is 2. The smallest absolute Gasteiger partial charge is 0.304 e. The average Bonchev–Trinajstić information content (AvgIpc) is 3.22. The van der Waals surface area contributed by atoms with Crippen molar-refractivity contribution in [3.8, 4) is 0 Å². The highest BCUT2D eigenvalue weighted by Gasteiger charge is 2.62. The highest BCUT2D eigenvalue weighted by molar-refractivity contribution is 6.05. The molecule has 3 heterocycles. The number of piperidine rings is 1. The first-order valence-electron chi connectivity index (χ1n) is 13.6. The van der Waals surface area contributed by atoms with Crippen molar-refractivity contribution >= 4 is 11.7 Å². The molecule has 0 bridgehead atoms. The number of amides is 1. The minimum Gasteiger partial charge on any atom is -0.355 e. The molecule has 2 aliphatic heterocycles. The van der Waals surface area contributed by atoms with Crippen molar-refractivity contribution in [1.29, 1.82) is 0 Å². The number of hydrogen-bond acceptors (Lipinski definition) is 5. The third-order valence-electron chi connectivity index (χ3n) is 9.41. The number of halogens is 2. The maximum atomic E-state index is 13.6. The van der Waals surface area contributed by atoms with Gasteiger partial charge in [0.2, 0.25) is 5.76 Å². The van der Waals surface area contributed by atoms with E-state index in [9.17, 15) is 18.4 Å². The summed E-state index contributed by atoms with van der Waals surface area (Å²) in [4.78, 5) is 29.5. The molecular weight excluding hydrogens is 476 g/mol. The van der Waals surface area contributed by atoms with Gasteiger partial charge < -0.3 is 14.3 Å². The van der Waals surface area contributed by atoms with Crippen LogP contribution in [0.3, 0.4) is 0 Å². The lowest BCUT2D eigenvalue weighted by Gasteiger charge is -2.30. The van der Waals surface area contributed by atoms with Crippen molar-refractivity contribution < 1.29 is 22.9 Å². The van der Waals surface area contributed by atoms with Crippen LogP contribution in [0.5, 0.6) is 0 Å². The van der Waals surface area contributed by atoms with Crippen molar-refractivity contribution in [2.45, 2.75) is 69.8 Å². The normalized spacial score (nSPS) is 29.5. The molecule has 6 rings (SSSR count). The average molecular weight is 512 g/mol. The Balaban J connectivity index is 0.968. The van der Waals surface area contributed by atoms with Crippen molar-refractivity contribution in [2.24, 2.45) is 17.8 Å². The minimum atomic E-state index is -3.00.